The summed E-state index contributed by atoms with van der Waals surface area (Å²) in [6, 6.07) is 13.3. The number of nitrogens with zero attached hydrogens (tertiary/aromatic N) is 3. The minimum Gasteiger partial charge on any atom is -0.508 e. The molecule has 6 aromatic rings. The van der Waals surface area contributed by atoms with Gasteiger partial charge in [-0.05, 0) is 85.4 Å². The van der Waals surface area contributed by atoms with Gasteiger partial charge in [-0.3, -0.25) is 28.8 Å². The van der Waals surface area contributed by atoms with E-state index in [2.05, 4.69) is 41.2 Å². The number of nitrogens with two attached hydrogens (primary N) is 1. The maximum atomic E-state index is 14.9. The monoisotopic (exact) mass is 997 g/mol. The lowest BCUT2D eigenvalue weighted by molar-refractivity contribution is -0.152. The van der Waals surface area contributed by atoms with Crippen LogP contribution in [0.1, 0.15) is 68.3 Å². The van der Waals surface area contributed by atoms with Crippen LogP contribution in [-0.4, -0.2) is 137 Å². The lowest BCUT2D eigenvalue weighted by atomic mass is 9.99. The number of aliphatic carboxylic acids is 1. The van der Waals surface area contributed by atoms with Crippen molar-refractivity contribution in [1.29, 1.82) is 0 Å². The van der Waals surface area contributed by atoms with Gasteiger partial charge in [0.1, 0.15) is 42.0 Å². The molecule has 2 saturated heterocycles. The molecule has 73 heavy (non-hydrogen) atoms. The van der Waals surface area contributed by atoms with Gasteiger partial charge in [0.2, 0.25) is 35.4 Å². The molecule has 0 radical (unpaired) electrons. The van der Waals surface area contributed by atoms with E-state index in [1.165, 1.54) is 34.5 Å². The Labute approximate surface area is 421 Å². The summed E-state index contributed by atoms with van der Waals surface area (Å²) in [6.45, 7) is 4.22. The average molecular weight is 998 g/mol. The van der Waals surface area contributed by atoms with Gasteiger partial charge in [0, 0.05) is 78.4 Å². The van der Waals surface area contributed by atoms with Crippen LogP contribution in [-0.2, 0) is 59.2 Å². The van der Waals surface area contributed by atoms with Crippen molar-refractivity contribution >= 4 is 63.2 Å². The summed E-state index contributed by atoms with van der Waals surface area (Å²) in [5.74, 6) is -4.89. The number of phenols is 1. The highest BCUT2D eigenvalue weighted by atomic mass is 16.4. The molecular weight excluding hydrogens is 935 g/mol. The first-order valence-electron chi connectivity index (χ1n) is 24.8. The molecule has 384 valence electrons. The molecule has 20 heteroatoms. The third-order valence-electron chi connectivity index (χ3n) is 13.8. The Hall–Kier alpha value is -8.00. The Kier molecular flexibility index (Phi) is 16.2. The molecule has 3 aromatic carbocycles. The summed E-state index contributed by atoms with van der Waals surface area (Å²) in [7, 11) is 0. The SMILES string of the molecule is CC(C)C[C@H](NC(=O)[C@H](Cc1c[nH]c2ccccc12)NC(=O)[C@H](Cc1c[nH]c2ccccc12)NC(=O)[C@@H](N)Cc1ccc(O)cc1)C(=O)N[C@@H](Cc1cnc[nH]1)C(=O)N1CCC[C@H]1C(=O)N1CCC[C@H]1C(=O)O. The zero-order chi connectivity index (χ0) is 51.8. The van der Waals surface area contributed by atoms with Crippen LogP contribution >= 0.6 is 0 Å². The van der Waals surface area contributed by atoms with E-state index in [1.54, 1.807) is 24.5 Å². The summed E-state index contributed by atoms with van der Waals surface area (Å²) >= 11 is 0. The number of likely N-dealkylation sites (tertiary alicyclic amines) is 2. The standard InChI is InChI=1S/C53H63N11O9/c1-30(2)21-41(48(67)62-44(25-34-28-55-29-58-34)51(70)63-19-7-13-45(63)52(71)64-20-8-14-46(64)53(72)73)60-50(69)43(24-33-27-57-40-12-6-4-10-37(33)40)61-49(68)42(23-32-26-56-39-11-5-3-9-36(32)39)59-47(66)38(54)22-31-15-17-35(65)18-16-31/h3-6,9-12,15-18,26-30,38,41-46,56-57,65H,7-8,13-14,19-25,54H2,1-2H3,(H,55,58)(H,59,66)(H,60,69)(H,61,68)(H,62,67)(H,72,73)/t38-,41-,42-,43-,44-,45-,46-/m0/s1. The fraction of sp³-hybridized carbons (Fsp3) is 0.396. The number of rotatable bonds is 21. The van der Waals surface area contributed by atoms with Gasteiger partial charge in [-0.2, -0.15) is 0 Å². The predicted octanol–water partition coefficient (Wildman–Crippen LogP) is 2.73. The number of H-pyrrole nitrogens is 3. The Morgan fingerprint density at radius 2 is 1.19 bits per heavy atom. The lowest BCUT2D eigenvalue weighted by Gasteiger charge is -2.33. The highest BCUT2D eigenvalue weighted by Gasteiger charge is 2.44. The lowest BCUT2D eigenvalue weighted by Crippen LogP contribution is -2.60. The van der Waals surface area contributed by atoms with Gasteiger partial charge in [0.25, 0.3) is 0 Å². The van der Waals surface area contributed by atoms with Crippen LogP contribution < -0.4 is 27.0 Å². The number of carbonyl (C=O) groups is 7. The maximum absolute atomic E-state index is 14.9. The number of benzene rings is 3. The molecule has 0 aliphatic carbocycles. The fourth-order valence-electron chi connectivity index (χ4n) is 10.0. The van der Waals surface area contributed by atoms with Gasteiger partial charge in [-0.15, -0.1) is 0 Å². The number of hydrogen-bond donors (Lipinski definition) is 10. The number of amides is 6. The molecule has 5 heterocycles. The Morgan fingerprint density at radius 3 is 1.77 bits per heavy atom. The molecule has 0 bridgehead atoms. The van der Waals surface area contributed by atoms with Gasteiger partial charge in [0.15, 0.2) is 0 Å². The number of hydrogen-bond acceptors (Lipinski definition) is 10. The molecule has 2 aliphatic heterocycles. The van der Waals surface area contributed by atoms with Crippen molar-refractivity contribution in [3.63, 3.8) is 0 Å². The van der Waals surface area contributed by atoms with Gasteiger partial charge < -0.3 is 62.0 Å². The maximum Gasteiger partial charge on any atom is 0.326 e. The molecule has 2 aliphatic rings. The zero-order valence-electron chi connectivity index (χ0n) is 40.8. The highest BCUT2D eigenvalue weighted by molar-refractivity contribution is 5.98. The molecule has 11 N–H and O–H groups in total. The van der Waals surface area contributed by atoms with Crippen LogP contribution in [0.15, 0.2) is 97.7 Å². The number of aromatic nitrogens is 4. The van der Waals surface area contributed by atoms with Crippen molar-refractivity contribution in [2.45, 2.75) is 114 Å². The van der Waals surface area contributed by atoms with Crippen LogP contribution in [0.3, 0.4) is 0 Å². The summed E-state index contributed by atoms with van der Waals surface area (Å²) in [5, 5.41) is 32.8. The van der Waals surface area contributed by atoms with E-state index in [1.807, 2.05) is 62.4 Å². The van der Waals surface area contributed by atoms with E-state index in [-0.39, 0.29) is 56.9 Å². The summed E-state index contributed by atoms with van der Waals surface area (Å²) in [5.41, 5.74) is 10.7. The smallest absolute Gasteiger partial charge is 0.326 e. The van der Waals surface area contributed by atoms with E-state index in [4.69, 9.17) is 5.73 Å². The van der Waals surface area contributed by atoms with Crippen molar-refractivity contribution in [1.82, 2.24) is 51.0 Å². The Bertz CT molecular complexity index is 2930. The quantitative estimate of drug-likeness (QED) is 0.0500. The largest absolute Gasteiger partial charge is 0.508 e. The second-order valence-electron chi connectivity index (χ2n) is 19.5. The molecule has 8 rings (SSSR count). The molecule has 6 amide bonds. The van der Waals surface area contributed by atoms with E-state index in [0.29, 0.717) is 42.5 Å². The number of fused-ring (bicyclic) bond motifs is 2. The Morgan fingerprint density at radius 1 is 0.658 bits per heavy atom. The third kappa shape index (κ3) is 12.4. The summed E-state index contributed by atoms with van der Waals surface area (Å²) in [6.07, 6.45) is 8.30. The molecular formula is C53H63N11O9. The van der Waals surface area contributed by atoms with Crippen molar-refractivity contribution in [2.75, 3.05) is 13.1 Å². The van der Waals surface area contributed by atoms with Crippen LogP contribution in [0.5, 0.6) is 5.75 Å². The number of nitrogens with one attached hydrogen (secondary N) is 7. The second-order valence-corrected chi connectivity index (χ2v) is 19.5. The van der Waals surface area contributed by atoms with Crippen molar-refractivity contribution in [3.05, 3.63) is 120 Å². The predicted molar refractivity (Wildman–Crippen MR) is 270 cm³/mol. The van der Waals surface area contributed by atoms with Crippen molar-refractivity contribution in [3.8, 4) is 5.75 Å². The van der Waals surface area contributed by atoms with E-state index < -0.39 is 83.7 Å². The minimum absolute atomic E-state index is 0.0146. The number of imidazole rings is 1. The average Bonchev–Trinajstić information content (AvgIpc) is 4.25. The normalized spacial score (nSPS) is 17.8. The van der Waals surface area contributed by atoms with Gasteiger partial charge in [0.05, 0.1) is 12.4 Å². The first kappa shape index (κ1) is 51.4. The number of aromatic hydroxyl groups is 1. The number of para-hydroxylation sites is 2. The van der Waals surface area contributed by atoms with E-state index in [0.717, 1.165) is 27.4 Å². The molecule has 0 saturated carbocycles. The van der Waals surface area contributed by atoms with Gasteiger partial charge >= 0.3 is 5.97 Å². The van der Waals surface area contributed by atoms with Crippen LogP contribution in [0, 0.1) is 5.92 Å². The van der Waals surface area contributed by atoms with Crippen molar-refractivity contribution in [2.24, 2.45) is 11.7 Å². The minimum atomic E-state index is -1.30. The number of carbonyl (C=O) groups excluding carboxylic acids is 6. The van der Waals surface area contributed by atoms with Gasteiger partial charge in [-0.1, -0.05) is 62.4 Å². The second kappa shape index (κ2) is 23.0. The molecule has 3 aromatic heterocycles. The molecule has 20 nitrogen and oxygen atoms in total. The summed E-state index contributed by atoms with van der Waals surface area (Å²) < 4.78 is 0. The van der Waals surface area contributed by atoms with Crippen molar-refractivity contribution < 1.29 is 43.8 Å². The summed E-state index contributed by atoms with van der Waals surface area (Å²) in [4.78, 5) is 115. The fourth-order valence-corrected chi connectivity index (χ4v) is 10.0. The highest BCUT2D eigenvalue weighted by Crippen LogP contribution is 2.27. The number of carboxylic acids is 1. The van der Waals surface area contributed by atoms with Crippen LogP contribution in [0.4, 0.5) is 0 Å². The first-order valence-corrected chi connectivity index (χ1v) is 24.8. The topological polar surface area (TPSA) is 301 Å². The third-order valence-corrected chi connectivity index (χ3v) is 13.8. The Balaban J connectivity index is 1.05. The van der Waals surface area contributed by atoms with E-state index >= 15 is 0 Å². The molecule has 0 unspecified atom stereocenters. The zero-order valence-corrected chi connectivity index (χ0v) is 40.8. The van der Waals surface area contributed by atoms with E-state index in [9.17, 15) is 43.8 Å². The number of carboxylic acid groups (broad SMARTS) is 1. The van der Waals surface area contributed by atoms with Crippen LogP contribution in [0.2, 0.25) is 0 Å². The number of aromatic amines is 3. The van der Waals surface area contributed by atoms with Crippen LogP contribution in [0.25, 0.3) is 21.8 Å². The molecule has 2 fully saturated rings. The van der Waals surface area contributed by atoms with Gasteiger partial charge in [-0.25, -0.2) is 9.78 Å². The molecule has 0 spiro atoms. The first-order chi connectivity index (χ1) is 35.1. The number of phenolic OH excluding ortho intramolecular Hbond substituents is 1. The molecule has 7 atom stereocenters.